The van der Waals surface area contributed by atoms with E-state index >= 15 is 0 Å². The molecule has 0 aromatic rings. The molecule has 0 N–H and O–H groups in total. The minimum Gasteiger partial charge on any atom is -0.299 e. The van der Waals surface area contributed by atoms with Gasteiger partial charge in [-0.2, -0.15) is 0 Å². The molecule has 1 rings (SSSR count). The van der Waals surface area contributed by atoms with Crippen molar-refractivity contribution < 1.29 is 0 Å². The van der Waals surface area contributed by atoms with Gasteiger partial charge in [0.25, 0.3) is 0 Å². The Hall–Kier alpha value is -0.300. The molecule has 1 nitrogen and oxygen atoms in total. The van der Waals surface area contributed by atoms with Gasteiger partial charge in [0.2, 0.25) is 0 Å². The summed E-state index contributed by atoms with van der Waals surface area (Å²) in [4.78, 5) is 2.48. The maximum absolute atomic E-state index is 4.02. The molecule has 1 aliphatic heterocycles. The molecule has 0 amide bonds. The number of likely N-dealkylation sites (tertiary alicyclic amines) is 1. The molecule has 1 fully saturated rings. The van der Waals surface area contributed by atoms with Gasteiger partial charge in [-0.05, 0) is 20.8 Å². The van der Waals surface area contributed by atoms with Gasteiger partial charge in [0, 0.05) is 24.5 Å². The van der Waals surface area contributed by atoms with Crippen LogP contribution in [0.5, 0.6) is 0 Å². The molecule has 0 unspecified atom stereocenters. The highest BCUT2D eigenvalue weighted by Gasteiger charge is 2.39. The van der Waals surface area contributed by atoms with Gasteiger partial charge in [0.1, 0.15) is 0 Å². The zero-order valence-electron chi connectivity index (χ0n) is 8.15. The molecule has 64 valence electrons. The lowest BCUT2D eigenvalue weighted by Crippen LogP contribution is -2.57. The van der Waals surface area contributed by atoms with Gasteiger partial charge >= 0.3 is 0 Å². The Kier molecular flexibility index (Phi) is 2.10. The molecule has 0 saturated carbocycles. The van der Waals surface area contributed by atoms with Crippen molar-refractivity contribution in [1.29, 1.82) is 0 Å². The summed E-state index contributed by atoms with van der Waals surface area (Å²) in [6.07, 6.45) is 0. The van der Waals surface area contributed by atoms with Gasteiger partial charge in [-0.3, -0.25) is 4.90 Å². The summed E-state index contributed by atoms with van der Waals surface area (Å²) in [5.74, 6) is 0. The maximum Gasteiger partial charge on any atom is 0.0133 e. The Labute approximate surface area is 70.1 Å². The van der Waals surface area contributed by atoms with Crippen LogP contribution >= 0.6 is 0 Å². The van der Waals surface area contributed by atoms with Crippen molar-refractivity contribution >= 4 is 0 Å². The van der Waals surface area contributed by atoms with Gasteiger partial charge in [0.05, 0.1) is 0 Å². The molecule has 0 spiro atoms. The first-order valence-corrected chi connectivity index (χ1v) is 4.36. The lowest BCUT2D eigenvalue weighted by atomic mass is 9.76. The third-order valence-electron chi connectivity index (χ3n) is 2.86. The Bertz CT molecular complexity index is 164. The van der Waals surface area contributed by atoms with Crippen LogP contribution in [0.25, 0.3) is 0 Å². The molecule has 1 heterocycles. The zero-order valence-corrected chi connectivity index (χ0v) is 8.15. The topological polar surface area (TPSA) is 3.24 Å². The summed E-state index contributed by atoms with van der Waals surface area (Å²) in [5.41, 5.74) is 1.74. The molecule has 0 atom stereocenters. The first-order valence-electron chi connectivity index (χ1n) is 4.36. The number of nitrogens with zero attached hydrogens (tertiary/aromatic N) is 1. The molecule has 1 aliphatic rings. The van der Waals surface area contributed by atoms with Crippen molar-refractivity contribution in [3.05, 3.63) is 12.2 Å². The van der Waals surface area contributed by atoms with Crippen molar-refractivity contribution in [1.82, 2.24) is 4.90 Å². The maximum atomic E-state index is 4.02. The van der Waals surface area contributed by atoms with Gasteiger partial charge in [-0.15, -0.1) is 0 Å². The number of hydrogen-bond acceptors (Lipinski definition) is 1. The highest BCUT2D eigenvalue weighted by atomic mass is 15.2. The first-order chi connectivity index (χ1) is 4.96. The van der Waals surface area contributed by atoms with Crippen molar-refractivity contribution in [2.24, 2.45) is 5.41 Å². The molecule has 0 aromatic carbocycles. The van der Waals surface area contributed by atoms with Crippen LogP contribution in [0, 0.1) is 5.41 Å². The predicted octanol–water partition coefficient (Wildman–Crippen LogP) is 2.29. The van der Waals surface area contributed by atoms with Gasteiger partial charge < -0.3 is 0 Å². The van der Waals surface area contributed by atoms with E-state index in [9.17, 15) is 0 Å². The molecule has 0 radical (unpaired) electrons. The normalized spacial score (nSPS) is 23.4. The SMILES string of the molecule is C=C(C)C1(C)CN(C(C)C)C1. The Balaban J connectivity index is 2.44. The smallest absolute Gasteiger partial charge is 0.0133 e. The lowest BCUT2D eigenvalue weighted by Gasteiger charge is -2.51. The van der Waals surface area contributed by atoms with Crippen LogP contribution in [0.15, 0.2) is 12.2 Å². The third kappa shape index (κ3) is 1.48. The van der Waals surface area contributed by atoms with E-state index in [2.05, 4.69) is 39.2 Å². The summed E-state index contributed by atoms with van der Waals surface area (Å²) in [6.45, 7) is 15.3. The van der Waals surface area contributed by atoms with E-state index in [4.69, 9.17) is 0 Å². The molecule has 0 aliphatic carbocycles. The number of hydrogen-bond donors (Lipinski definition) is 0. The molecule has 1 saturated heterocycles. The fourth-order valence-electron chi connectivity index (χ4n) is 1.49. The van der Waals surface area contributed by atoms with Crippen molar-refractivity contribution in [3.63, 3.8) is 0 Å². The zero-order chi connectivity index (χ0) is 8.65. The van der Waals surface area contributed by atoms with Crippen LogP contribution in [0.3, 0.4) is 0 Å². The Morgan fingerprint density at radius 3 is 2.18 bits per heavy atom. The summed E-state index contributed by atoms with van der Waals surface area (Å²) < 4.78 is 0. The Morgan fingerprint density at radius 1 is 1.45 bits per heavy atom. The Morgan fingerprint density at radius 2 is 1.91 bits per heavy atom. The summed E-state index contributed by atoms with van der Waals surface area (Å²) >= 11 is 0. The minimum absolute atomic E-state index is 0.407. The predicted molar refractivity (Wildman–Crippen MR) is 49.6 cm³/mol. The van der Waals surface area contributed by atoms with E-state index < -0.39 is 0 Å². The standard InChI is InChI=1S/C10H19N/c1-8(2)10(5)6-11(7-10)9(3)4/h9H,1,6-7H2,2-5H3. The molecular weight excluding hydrogens is 134 g/mol. The third-order valence-corrected chi connectivity index (χ3v) is 2.86. The van der Waals surface area contributed by atoms with Crippen LogP contribution in [0.4, 0.5) is 0 Å². The second-order valence-corrected chi connectivity index (χ2v) is 4.34. The second-order valence-electron chi connectivity index (χ2n) is 4.34. The van der Waals surface area contributed by atoms with E-state index in [0.717, 1.165) is 0 Å². The first kappa shape index (κ1) is 8.79. The van der Waals surface area contributed by atoms with Crippen LogP contribution in [-0.2, 0) is 0 Å². The lowest BCUT2D eigenvalue weighted by molar-refractivity contribution is 0.0188. The van der Waals surface area contributed by atoms with Gasteiger partial charge in [0.15, 0.2) is 0 Å². The molecule has 0 aromatic heterocycles. The van der Waals surface area contributed by atoms with Crippen molar-refractivity contribution in [3.8, 4) is 0 Å². The van der Waals surface area contributed by atoms with E-state index in [-0.39, 0.29) is 0 Å². The van der Waals surface area contributed by atoms with Crippen molar-refractivity contribution in [2.75, 3.05) is 13.1 Å². The van der Waals surface area contributed by atoms with Gasteiger partial charge in [-0.25, -0.2) is 0 Å². The van der Waals surface area contributed by atoms with Crippen LogP contribution < -0.4 is 0 Å². The average Bonchev–Trinajstić information content (AvgIpc) is 1.79. The van der Waals surface area contributed by atoms with Crippen LogP contribution in [0.1, 0.15) is 27.7 Å². The molecule has 0 bridgehead atoms. The average molecular weight is 153 g/mol. The molecule has 11 heavy (non-hydrogen) atoms. The van der Waals surface area contributed by atoms with Crippen molar-refractivity contribution in [2.45, 2.75) is 33.7 Å². The minimum atomic E-state index is 0.407. The fourth-order valence-corrected chi connectivity index (χ4v) is 1.49. The van der Waals surface area contributed by atoms with Crippen LogP contribution in [-0.4, -0.2) is 24.0 Å². The summed E-state index contributed by atoms with van der Waals surface area (Å²) in [5, 5.41) is 0. The summed E-state index contributed by atoms with van der Waals surface area (Å²) in [7, 11) is 0. The van der Waals surface area contributed by atoms with Gasteiger partial charge in [-0.1, -0.05) is 19.1 Å². The largest absolute Gasteiger partial charge is 0.299 e. The molecule has 1 heteroatoms. The summed E-state index contributed by atoms with van der Waals surface area (Å²) in [6, 6.07) is 0.697. The monoisotopic (exact) mass is 153 g/mol. The second kappa shape index (κ2) is 2.63. The highest BCUT2D eigenvalue weighted by molar-refractivity contribution is 5.13. The molecular formula is C10H19N. The fraction of sp³-hybridized carbons (Fsp3) is 0.800. The van der Waals surface area contributed by atoms with E-state index in [0.29, 0.717) is 11.5 Å². The van der Waals surface area contributed by atoms with Crippen LogP contribution in [0.2, 0.25) is 0 Å². The van der Waals surface area contributed by atoms with E-state index in [1.807, 2.05) is 0 Å². The van der Waals surface area contributed by atoms with E-state index in [1.54, 1.807) is 0 Å². The number of rotatable bonds is 2. The highest BCUT2D eigenvalue weighted by Crippen LogP contribution is 2.36. The van der Waals surface area contributed by atoms with E-state index in [1.165, 1.54) is 18.7 Å². The quantitative estimate of drug-likeness (QED) is 0.550.